The van der Waals surface area contributed by atoms with E-state index in [1.165, 1.54) is 25.7 Å². The molecule has 0 bridgehead atoms. The Morgan fingerprint density at radius 1 is 1.24 bits per heavy atom. The molecule has 1 atom stereocenters. The second-order valence-corrected chi connectivity index (χ2v) is 5.50. The first-order valence-electron chi connectivity index (χ1n) is 6.85. The van der Waals surface area contributed by atoms with Crippen molar-refractivity contribution < 1.29 is 9.47 Å². The quantitative estimate of drug-likeness (QED) is 0.588. The summed E-state index contributed by atoms with van der Waals surface area (Å²) in [6.07, 6.45) is 7.44. The molecular weight excluding hydrogens is 238 g/mol. The number of ether oxygens (including phenoxy) is 2. The maximum Gasteiger partial charge on any atom is 0.0576 e. The molecule has 100 valence electrons. The molecule has 0 saturated carbocycles. The van der Waals surface area contributed by atoms with E-state index in [9.17, 15) is 0 Å². The van der Waals surface area contributed by atoms with E-state index >= 15 is 0 Å². The third kappa shape index (κ3) is 4.09. The Balaban J connectivity index is 1.61. The van der Waals surface area contributed by atoms with Gasteiger partial charge >= 0.3 is 0 Å². The maximum atomic E-state index is 6.10. The molecule has 2 saturated heterocycles. The molecule has 0 aromatic heterocycles. The van der Waals surface area contributed by atoms with Crippen molar-refractivity contribution in [2.45, 2.75) is 50.2 Å². The van der Waals surface area contributed by atoms with Crippen LogP contribution in [0.25, 0.3) is 0 Å². The maximum absolute atomic E-state index is 6.10. The lowest BCUT2D eigenvalue weighted by Crippen LogP contribution is -2.51. The summed E-state index contributed by atoms with van der Waals surface area (Å²) in [5.41, 5.74) is 0.121. The molecule has 0 aromatic carbocycles. The molecule has 4 heteroatoms. The second kappa shape index (κ2) is 6.93. The fourth-order valence-electron chi connectivity index (χ4n) is 2.68. The minimum absolute atomic E-state index is 0.121. The van der Waals surface area contributed by atoms with Crippen molar-refractivity contribution >= 4 is 11.6 Å². The Hall–Kier alpha value is 0.170. The summed E-state index contributed by atoms with van der Waals surface area (Å²) < 4.78 is 11.0. The number of hydrogen-bond donors (Lipinski definition) is 1. The van der Waals surface area contributed by atoms with Gasteiger partial charge in [0.2, 0.25) is 0 Å². The average molecular weight is 262 g/mol. The van der Waals surface area contributed by atoms with Crippen LogP contribution in [0.2, 0.25) is 0 Å². The van der Waals surface area contributed by atoms with E-state index in [4.69, 9.17) is 21.1 Å². The third-order valence-corrected chi connectivity index (χ3v) is 4.44. The van der Waals surface area contributed by atoms with Crippen molar-refractivity contribution in [1.29, 1.82) is 0 Å². The predicted octanol–water partition coefficient (Wildman–Crippen LogP) is 2.32. The zero-order chi connectivity index (χ0) is 12.0. The normalized spacial score (nSPS) is 28.4. The number of nitrogens with one attached hydrogen (secondary N) is 1. The van der Waals surface area contributed by atoms with Crippen molar-refractivity contribution in [1.82, 2.24) is 5.32 Å². The van der Waals surface area contributed by atoms with E-state index in [1.807, 2.05) is 0 Å². The summed E-state index contributed by atoms with van der Waals surface area (Å²) >= 11 is 6.10. The first-order valence-corrected chi connectivity index (χ1v) is 7.38. The zero-order valence-corrected chi connectivity index (χ0v) is 11.3. The molecule has 1 unspecified atom stereocenters. The molecule has 2 aliphatic heterocycles. The van der Waals surface area contributed by atoms with Crippen LogP contribution in [0.4, 0.5) is 0 Å². The van der Waals surface area contributed by atoms with Crippen molar-refractivity contribution in [2.75, 3.05) is 32.2 Å². The molecule has 0 amide bonds. The van der Waals surface area contributed by atoms with Gasteiger partial charge in [-0.05, 0) is 45.1 Å². The van der Waals surface area contributed by atoms with Gasteiger partial charge in [-0.2, -0.15) is 0 Å². The average Bonchev–Trinajstić information content (AvgIpc) is 2.89. The van der Waals surface area contributed by atoms with E-state index in [1.54, 1.807) is 0 Å². The van der Waals surface area contributed by atoms with Crippen molar-refractivity contribution in [2.24, 2.45) is 0 Å². The number of alkyl halides is 1. The van der Waals surface area contributed by atoms with E-state index in [0.29, 0.717) is 12.0 Å². The molecule has 2 heterocycles. The fourth-order valence-corrected chi connectivity index (χ4v) is 3.04. The summed E-state index contributed by atoms with van der Waals surface area (Å²) in [6, 6.07) is 0. The van der Waals surface area contributed by atoms with Crippen LogP contribution in [0.15, 0.2) is 0 Å². The number of hydrogen-bond acceptors (Lipinski definition) is 3. The molecule has 0 aromatic rings. The van der Waals surface area contributed by atoms with Crippen LogP contribution in [0.3, 0.4) is 0 Å². The zero-order valence-electron chi connectivity index (χ0n) is 10.5. The van der Waals surface area contributed by atoms with E-state index in [2.05, 4.69) is 5.32 Å². The van der Waals surface area contributed by atoms with Crippen molar-refractivity contribution in [3.8, 4) is 0 Å². The number of halogens is 1. The Labute approximate surface area is 109 Å². The van der Waals surface area contributed by atoms with Gasteiger partial charge in [-0.15, -0.1) is 11.6 Å². The van der Waals surface area contributed by atoms with Crippen LogP contribution in [0.5, 0.6) is 0 Å². The standard InChI is InChI=1S/C13H24ClNO2/c14-11-13(5-9-16-10-6-13)15-7-1-3-12-4-2-8-17-12/h12,15H,1-11H2. The predicted molar refractivity (Wildman–Crippen MR) is 69.7 cm³/mol. The first-order chi connectivity index (χ1) is 8.35. The van der Waals surface area contributed by atoms with E-state index in [-0.39, 0.29) is 5.54 Å². The Morgan fingerprint density at radius 2 is 2.06 bits per heavy atom. The van der Waals surface area contributed by atoms with E-state index in [0.717, 1.165) is 39.2 Å². The monoisotopic (exact) mass is 261 g/mol. The Morgan fingerprint density at radius 3 is 2.71 bits per heavy atom. The molecule has 1 N–H and O–H groups in total. The summed E-state index contributed by atoms with van der Waals surface area (Å²) in [6.45, 7) is 3.69. The van der Waals surface area contributed by atoms with Gasteiger partial charge in [0.25, 0.3) is 0 Å². The van der Waals surface area contributed by atoms with Crippen LogP contribution in [-0.2, 0) is 9.47 Å². The minimum Gasteiger partial charge on any atom is -0.381 e. The Bertz CT molecular complexity index is 213. The summed E-state index contributed by atoms with van der Waals surface area (Å²) in [5.74, 6) is 0.691. The first kappa shape index (κ1) is 13.6. The molecule has 17 heavy (non-hydrogen) atoms. The lowest BCUT2D eigenvalue weighted by Gasteiger charge is -2.36. The molecule has 0 radical (unpaired) electrons. The molecule has 0 aliphatic carbocycles. The van der Waals surface area contributed by atoms with Crippen LogP contribution >= 0.6 is 11.6 Å². The van der Waals surface area contributed by atoms with Crippen molar-refractivity contribution in [3.63, 3.8) is 0 Å². The van der Waals surface area contributed by atoms with Gasteiger partial charge in [-0.1, -0.05) is 0 Å². The molecule has 3 nitrogen and oxygen atoms in total. The summed E-state index contributed by atoms with van der Waals surface area (Å²) in [7, 11) is 0. The summed E-state index contributed by atoms with van der Waals surface area (Å²) in [4.78, 5) is 0. The van der Waals surface area contributed by atoms with Gasteiger partial charge in [0.1, 0.15) is 0 Å². The lowest BCUT2D eigenvalue weighted by molar-refractivity contribution is 0.0456. The highest BCUT2D eigenvalue weighted by atomic mass is 35.5. The van der Waals surface area contributed by atoms with Gasteiger partial charge in [-0.25, -0.2) is 0 Å². The Kier molecular flexibility index (Phi) is 5.54. The van der Waals surface area contributed by atoms with Crippen LogP contribution in [0, 0.1) is 0 Å². The molecule has 0 spiro atoms. The van der Waals surface area contributed by atoms with Crippen molar-refractivity contribution in [3.05, 3.63) is 0 Å². The van der Waals surface area contributed by atoms with Crippen LogP contribution in [-0.4, -0.2) is 43.9 Å². The smallest absolute Gasteiger partial charge is 0.0576 e. The van der Waals surface area contributed by atoms with E-state index < -0.39 is 0 Å². The molecule has 2 rings (SSSR count). The highest BCUT2D eigenvalue weighted by Gasteiger charge is 2.30. The van der Waals surface area contributed by atoms with Gasteiger partial charge in [0.05, 0.1) is 6.10 Å². The highest BCUT2D eigenvalue weighted by molar-refractivity contribution is 6.18. The SMILES string of the molecule is ClCC1(NCCCC2CCCO2)CCOCC1. The molecule has 2 aliphatic rings. The second-order valence-electron chi connectivity index (χ2n) is 5.23. The topological polar surface area (TPSA) is 30.5 Å². The van der Waals surface area contributed by atoms with Crippen LogP contribution in [0.1, 0.15) is 38.5 Å². The molecule has 2 fully saturated rings. The van der Waals surface area contributed by atoms with Gasteiger partial charge in [-0.3, -0.25) is 0 Å². The largest absolute Gasteiger partial charge is 0.381 e. The van der Waals surface area contributed by atoms with Gasteiger partial charge < -0.3 is 14.8 Å². The third-order valence-electron chi connectivity index (χ3n) is 3.93. The summed E-state index contributed by atoms with van der Waals surface area (Å²) in [5, 5.41) is 3.64. The lowest BCUT2D eigenvalue weighted by atomic mass is 9.92. The highest BCUT2D eigenvalue weighted by Crippen LogP contribution is 2.22. The van der Waals surface area contributed by atoms with Gasteiger partial charge in [0.15, 0.2) is 0 Å². The fraction of sp³-hybridized carbons (Fsp3) is 1.00. The molecular formula is C13H24ClNO2. The number of rotatable bonds is 6. The van der Waals surface area contributed by atoms with Crippen LogP contribution < -0.4 is 5.32 Å². The minimum atomic E-state index is 0.121. The van der Waals surface area contributed by atoms with Gasteiger partial charge in [0, 0.05) is 31.2 Å².